The van der Waals surface area contributed by atoms with Crippen molar-refractivity contribution in [3.05, 3.63) is 87.7 Å². The van der Waals surface area contributed by atoms with Gasteiger partial charge in [0.2, 0.25) is 0 Å². The van der Waals surface area contributed by atoms with Crippen LogP contribution >= 0.6 is 0 Å². The van der Waals surface area contributed by atoms with Crippen LogP contribution in [0, 0.1) is 10.1 Å². The molecule has 130 valence electrons. The molecular formula is C19H16N4O3. The minimum absolute atomic E-state index is 0.0672. The van der Waals surface area contributed by atoms with Gasteiger partial charge < -0.3 is 4.90 Å². The molecule has 0 spiro atoms. The van der Waals surface area contributed by atoms with Crippen LogP contribution in [0.3, 0.4) is 0 Å². The van der Waals surface area contributed by atoms with Gasteiger partial charge in [0.25, 0.3) is 11.6 Å². The second-order valence-electron chi connectivity index (χ2n) is 6.15. The fraction of sp³-hybridized carbons (Fsp3) is 0.158. The number of anilines is 1. The van der Waals surface area contributed by atoms with E-state index < -0.39 is 4.92 Å². The van der Waals surface area contributed by atoms with Crippen LogP contribution in [0.15, 0.2) is 60.9 Å². The first-order chi connectivity index (χ1) is 12.6. The molecule has 0 aliphatic carbocycles. The monoisotopic (exact) mass is 348 g/mol. The molecule has 2 aromatic carbocycles. The number of hydrogen-bond donors (Lipinski definition) is 0. The van der Waals surface area contributed by atoms with Gasteiger partial charge in [0.15, 0.2) is 0 Å². The summed E-state index contributed by atoms with van der Waals surface area (Å²) in [4.78, 5) is 25.2. The Morgan fingerprint density at radius 1 is 1.15 bits per heavy atom. The Bertz CT molecular complexity index is 981. The summed E-state index contributed by atoms with van der Waals surface area (Å²) in [7, 11) is 0. The fourth-order valence-corrected chi connectivity index (χ4v) is 3.28. The number of aromatic nitrogens is 2. The van der Waals surface area contributed by atoms with E-state index in [-0.39, 0.29) is 11.6 Å². The van der Waals surface area contributed by atoms with Gasteiger partial charge in [-0.2, -0.15) is 5.10 Å². The third kappa shape index (κ3) is 2.83. The maximum atomic E-state index is 12.9. The molecule has 1 amide bonds. The molecule has 0 bridgehead atoms. The van der Waals surface area contributed by atoms with Gasteiger partial charge in [-0.25, -0.2) is 0 Å². The molecule has 0 radical (unpaired) electrons. The molecule has 0 saturated heterocycles. The zero-order valence-corrected chi connectivity index (χ0v) is 13.9. The number of benzene rings is 2. The molecule has 4 rings (SSSR count). The minimum Gasteiger partial charge on any atom is -0.307 e. The van der Waals surface area contributed by atoms with Crippen molar-refractivity contribution >= 4 is 17.3 Å². The quantitative estimate of drug-likeness (QED) is 0.536. The number of carbonyl (C=O) groups excluding carboxylic acids is 1. The molecule has 0 saturated carbocycles. The Balaban J connectivity index is 1.57. The summed E-state index contributed by atoms with van der Waals surface area (Å²) in [5.74, 6) is -0.191. The number of hydrogen-bond acceptors (Lipinski definition) is 4. The van der Waals surface area contributed by atoms with Crippen molar-refractivity contribution in [2.45, 2.75) is 13.0 Å². The molecule has 0 atom stereocenters. The maximum Gasteiger partial charge on any atom is 0.274 e. The smallest absolute Gasteiger partial charge is 0.274 e. The van der Waals surface area contributed by atoms with Crippen LogP contribution in [-0.4, -0.2) is 27.2 Å². The highest BCUT2D eigenvalue weighted by Gasteiger charge is 2.31. The third-order valence-electron chi connectivity index (χ3n) is 4.51. The molecule has 7 heteroatoms. The van der Waals surface area contributed by atoms with Gasteiger partial charge in [0.1, 0.15) is 0 Å². The van der Waals surface area contributed by atoms with Crippen LogP contribution < -0.4 is 4.90 Å². The first-order valence-electron chi connectivity index (χ1n) is 8.28. The van der Waals surface area contributed by atoms with Crippen LogP contribution in [0.2, 0.25) is 0 Å². The Hall–Kier alpha value is -3.48. The van der Waals surface area contributed by atoms with Gasteiger partial charge in [-0.05, 0) is 18.1 Å². The van der Waals surface area contributed by atoms with E-state index in [9.17, 15) is 14.9 Å². The lowest BCUT2D eigenvalue weighted by atomic mass is 10.1. The van der Waals surface area contributed by atoms with Gasteiger partial charge in [-0.15, -0.1) is 0 Å². The van der Waals surface area contributed by atoms with E-state index in [0.29, 0.717) is 36.3 Å². The summed E-state index contributed by atoms with van der Waals surface area (Å²) < 4.78 is 1.72. The van der Waals surface area contributed by atoms with Crippen LogP contribution in [0.25, 0.3) is 0 Å². The number of nitro benzene ring substituents is 1. The second-order valence-corrected chi connectivity index (χ2v) is 6.15. The average molecular weight is 348 g/mol. The lowest BCUT2D eigenvalue weighted by molar-refractivity contribution is -0.385. The summed E-state index contributed by atoms with van der Waals surface area (Å²) in [6.07, 6.45) is 3.74. The van der Waals surface area contributed by atoms with Crippen LogP contribution in [0.5, 0.6) is 0 Å². The van der Waals surface area contributed by atoms with E-state index in [0.717, 1.165) is 5.56 Å². The lowest BCUT2D eigenvalue weighted by Crippen LogP contribution is -2.28. The van der Waals surface area contributed by atoms with E-state index >= 15 is 0 Å². The van der Waals surface area contributed by atoms with Crippen molar-refractivity contribution < 1.29 is 9.72 Å². The number of nitrogens with zero attached hydrogens (tertiary/aromatic N) is 4. The molecular weight excluding hydrogens is 332 g/mol. The van der Waals surface area contributed by atoms with Crippen molar-refractivity contribution in [2.75, 3.05) is 11.4 Å². The highest BCUT2D eigenvalue weighted by Crippen LogP contribution is 2.35. The average Bonchev–Trinajstić information content (AvgIpc) is 3.28. The normalized spacial score (nSPS) is 12.8. The Morgan fingerprint density at radius 2 is 1.96 bits per heavy atom. The molecule has 26 heavy (non-hydrogen) atoms. The number of amides is 1. The van der Waals surface area contributed by atoms with E-state index in [1.165, 1.54) is 6.07 Å². The highest BCUT2D eigenvalue weighted by molar-refractivity contribution is 6.07. The first kappa shape index (κ1) is 16.0. The van der Waals surface area contributed by atoms with Crippen molar-refractivity contribution in [3.8, 4) is 0 Å². The molecule has 1 aliphatic heterocycles. The summed E-state index contributed by atoms with van der Waals surface area (Å²) in [6, 6.07) is 14.7. The molecule has 1 aromatic heterocycles. The second kappa shape index (κ2) is 6.44. The highest BCUT2D eigenvalue weighted by atomic mass is 16.6. The summed E-state index contributed by atoms with van der Waals surface area (Å²) in [5.41, 5.74) is 2.86. The third-order valence-corrected chi connectivity index (χ3v) is 4.51. The van der Waals surface area contributed by atoms with Crippen molar-refractivity contribution in [2.24, 2.45) is 0 Å². The van der Waals surface area contributed by atoms with E-state index in [1.54, 1.807) is 34.1 Å². The number of carbonyl (C=O) groups is 1. The summed E-state index contributed by atoms with van der Waals surface area (Å²) in [6.45, 7) is 1.01. The van der Waals surface area contributed by atoms with Crippen LogP contribution in [0.4, 0.5) is 11.4 Å². The van der Waals surface area contributed by atoms with Gasteiger partial charge in [-0.3, -0.25) is 19.6 Å². The zero-order chi connectivity index (χ0) is 18.1. The lowest BCUT2D eigenvalue weighted by Gasteiger charge is -2.16. The van der Waals surface area contributed by atoms with E-state index in [2.05, 4.69) is 5.10 Å². The summed E-state index contributed by atoms with van der Waals surface area (Å²) in [5, 5.41) is 15.4. The fourth-order valence-electron chi connectivity index (χ4n) is 3.28. The molecule has 3 aromatic rings. The molecule has 0 fully saturated rings. The van der Waals surface area contributed by atoms with Gasteiger partial charge in [0, 0.05) is 18.8 Å². The van der Waals surface area contributed by atoms with Crippen molar-refractivity contribution in [1.29, 1.82) is 0 Å². The van der Waals surface area contributed by atoms with Gasteiger partial charge >= 0.3 is 0 Å². The molecule has 7 nitrogen and oxygen atoms in total. The topological polar surface area (TPSA) is 81.3 Å². The van der Waals surface area contributed by atoms with E-state index in [1.807, 2.05) is 30.3 Å². The molecule has 1 aliphatic rings. The van der Waals surface area contributed by atoms with E-state index in [4.69, 9.17) is 0 Å². The SMILES string of the molecule is O=C(c1cnn(Cc2ccccc2)c1)N1CCc2c1cccc2[N+](=O)[O-]. The molecule has 0 N–H and O–H groups in total. The Morgan fingerprint density at radius 3 is 2.73 bits per heavy atom. The maximum absolute atomic E-state index is 12.9. The van der Waals surface area contributed by atoms with Crippen molar-refractivity contribution in [1.82, 2.24) is 9.78 Å². The summed E-state index contributed by atoms with van der Waals surface area (Å²) >= 11 is 0. The Labute approximate surface area is 149 Å². The molecule has 0 unspecified atom stereocenters. The standard InChI is InChI=1S/C19H16N4O3/c24-19(15-11-20-21(13-15)12-14-5-2-1-3-6-14)22-10-9-16-17(22)7-4-8-18(16)23(25)26/h1-8,11,13H,9-10,12H2. The molecule has 2 heterocycles. The van der Waals surface area contributed by atoms with Crippen LogP contribution in [-0.2, 0) is 13.0 Å². The largest absolute Gasteiger partial charge is 0.307 e. The number of rotatable bonds is 4. The Kier molecular flexibility index (Phi) is 3.96. The first-order valence-corrected chi connectivity index (χ1v) is 8.28. The zero-order valence-electron chi connectivity index (χ0n) is 13.9. The van der Waals surface area contributed by atoms with Crippen molar-refractivity contribution in [3.63, 3.8) is 0 Å². The number of fused-ring (bicyclic) bond motifs is 1. The van der Waals surface area contributed by atoms with Gasteiger partial charge in [-0.1, -0.05) is 36.4 Å². The van der Waals surface area contributed by atoms with Gasteiger partial charge in [0.05, 0.1) is 34.5 Å². The predicted octanol–water partition coefficient (Wildman–Crippen LogP) is 3.04. The minimum atomic E-state index is -0.398. The predicted molar refractivity (Wildman–Crippen MR) is 96.2 cm³/mol. The number of nitro groups is 1. The van der Waals surface area contributed by atoms with Crippen LogP contribution in [0.1, 0.15) is 21.5 Å².